The summed E-state index contributed by atoms with van der Waals surface area (Å²) in [5.74, 6) is -0.369. The molecule has 0 aliphatic carbocycles. The molecule has 1 aromatic rings. The zero-order valence-corrected chi connectivity index (χ0v) is 13.4. The van der Waals surface area contributed by atoms with E-state index in [9.17, 15) is 4.79 Å². The minimum Gasteiger partial charge on any atom is -0.396 e. The Morgan fingerprint density at radius 1 is 1.41 bits per heavy atom. The van der Waals surface area contributed by atoms with Crippen molar-refractivity contribution in [2.45, 2.75) is 31.8 Å². The SMILES string of the molecule is CN(CCCO)C1CCN(Cc2cccc(C(N)=O)c2)CC1. The normalized spacial score (nSPS) is 17.0. The van der Waals surface area contributed by atoms with E-state index in [2.05, 4.69) is 16.8 Å². The van der Waals surface area contributed by atoms with Gasteiger partial charge in [-0.1, -0.05) is 12.1 Å². The second-order valence-corrected chi connectivity index (χ2v) is 6.13. The molecule has 5 nitrogen and oxygen atoms in total. The molecule has 1 saturated heterocycles. The van der Waals surface area contributed by atoms with Crippen LogP contribution in [-0.2, 0) is 6.54 Å². The molecule has 1 fully saturated rings. The number of nitrogens with zero attached hydrogens (tertiary/aromatic N) is 2. The molecule has 1 heterocycles. The van der Waals surface area contributed by atoms with Gasteiger partial charge in [0.25, 0.3) is 0 Å². The fraction of sp³-hybridized carbons (Fsp3) is 0.588. The number of carbonyl (C=O) groups is 1. The van der Waals surface area contributed by atoms with Crippen molar-refractivity contribution < 1.29 is 9.90 Å². The van der Waals surface area contributed by atoms with Crippen molar-refractivity contribution in [3.05, 3.63) is 35.4 Å². The van der Waals surface area contributed by atoms with Crippen LogP contribution < -0.4 is 5.73 Å². The van der Waals surface area contributed by atoms with E-state index in [1.165, 1.54) is 0 Å². The molecule has 0 saturated carbocycles. The summed E-state index contributed by atoms with van der Waals surface area (Å²) in [5.41, 5.74) is 7.05. The third-order valence-electron chi connectivity index (χ3n) is 4.47. The predicted octanol–water partition coefficient (Wildman–Crippen LogP) is 1.06. The summed E-state index contributed by atoms with van der Waals surface area (Å²) in [6.45, 7) is 4.22. The van der Waals surface area contributed by atoms with Crippen LogP contribution in [0.4, 0.5) is 0 Å². The fourth-order valence-electron chi connectivity index (χ4n) is 3.10. The monoisotopic (exact) mass is 305 g/mol. The number of likely N-dealkylation sites (tertiary alicyclic amines) is 1. The van der Waals surface area contributed by atoms with E-state index in [1.807, 2.05) is 18.2 Å². The number of aliphatic hydroxyl groups is 1. The van der Waals surface area contributed by atoms with E-state index < -0.39 is 0 Å². The first-order valence-corrected chi connectivity index (χ1v) is 8.02. The molecule has 0 radical (unpaired) electrons. The highest BCUT2D eigenvalue weighted by atomic mass is 16.3. The summed E-state index contributed by atoms with van der Waals surface area (Å²) in [5, 5.41) is 8.91. The third-order valence-corrected chi connectivity index (χ3v) is 4.47. The summed E-state index contributed by atoms with van der Waals surface area (Å²) in [7, 11) is 2.15. The topological polar surface area (TPSA) is 69.8 Å². The predicted molar refractivity (Wildman–Crippen MR) is 87.6 cm³/mol. The minimum absolute atomic E-state index is 0.263. The van der Waals surface area contributed by atoms with Crippen molar-refractivity contribution in [3.8, 4) is 0 Å². The molecule has 0 aromatic heterocycles. The molecule has 2 rings (SSSR count). The number of hydrogen-bond acceptors (Lipinski definition) is 4. The lowest BCUT2D eigenvalue weighted by molar-refractivity contribution is 0.1000. The van der Waals surface area contributed by atoms with Crippen molar-refractivity contribution >= 4 is 5.91 Å². The Morgan fingerprint density at radius 3 is 2.77 bits per heavy atom. The van der Waals surface area contributed by atoms with Gasteiger partial charge < -0.3 is 15.7 Å². The minimum atomic E-state index is -0.369. The van der Waals surface area contributed by atoms with Crippen LogP contribution in [-0.4, -0.2) is 60.1 Å². The molecular weight excluding hydrogens is 278 g/mol. The average Bonchev–Trinajstić information content (AvgIpc) is 2.53. The molecule has 0 unspecified atom stereocenters. The van der Waals surface area contributed by atoms with Gasteiger partial charge in [0.05, 0.1) is 0 Å². The number of carbonyl (C=O) groups excluding carboxylic acids is 1. The van der Waals surface area contributed by atoms with Gasteiger partial charge in [-0.2, -0.15) is 0 Å². The first kappa shape index (κ1) is 16.9. The van der Waals surface area contributed by atoms with Crippen molar-refractivity contribution in [2.24, 2.45) is 5.73 Å². The van der Waals surface area contributed by atoms with Gasteiger partial charge in [0.2, 0.25) is 5.91 Å². The van der Waals surface area contributed by atoms with Crippen LogP contribution in [0.3, 0.4) is 0 Å². The maximum Gasteiger partial charge on any atom is 0.248 e. The molecule has 122 valence electrons. The van der Waals surface area contributed by atoms with E-state index in [0.717, 1.165) is 51.0 Å². The lowest BCUT2D eigenvalue weighted by atomic mass is 10.0. The van der Waals surface area contributed by atoms with Gasteiger partial charge in [-0.3, -0.25) is 9.69 Å². The first-order chi connectivity index (χ1) is 10.6. The van der Waals surface area contributed by atoms with Crippen molar-refractivity contribution in [3.63, 3.8) is 0 Å². The molecule has 0 atom stereocenters. The summed E-state index contributed by atoms with van der Waals surface area (Å²) in [6, 6.07) is 8.20. The molecule has 22 heavy (non-hydrogen) atoms. The van der Waals surface area contributed by atoms with Crippen molar-refractivity contribution in [1.29, 1.82) is 0 Å². The Balaban J connectivity index is 1.82. The van der Waals surface area contributed by atoms with E-state index in [4.69, 9.17) is 10.8 Å². The molecule has 1 aliphatic rings. The Bertz CT molecular complexity index is 485. The highest BCUT2D eigenvalue weighted by Crippen LogP contribution is 2.18. The molecule has 1 amide bonds. The molecular formula is C17H27N3O2. The van der Waals surface area contributed by atoms with Gasteiger partial charge in [0, 0.05) is 31.3 Å². The summed E-state index contributed by atoms with van der Waals surface area (Å²) in [4.78, 5) is 16.0. The second-order valence-electron chi connectivity index (χ2n) is 6.13. The maximum atomic E-state index is 11.2. The van der Waals surface area contributed by atoms with Crippen LogP contribution in [0.1, 0.15) is 35.2 Å². The number of benzene rings is 1. The third kappa shape index (κ3) is 4.80. The summed E-state index contributed by atoms with van der Waals surface area (Å²) in [6.07, 6.45) is 3.14. The van der Waals surface area contributed by atoms with Gasteiger partial charge in [-0.25, -0.2) is 0 Å². The first-order valence-electron chi connectivity index (χ1n) is 8.02. The van der Waals surface area contributed by atoms with E-state index in [1.54, 1.807) is 6.07 Å². The number of aliphatic hydroxyl groups excluding tert-OH is 1. The van der Waals surface area contributed by atoms with Crippen molar-refractivity contribution in [1.82, 2.24) is 9.80 Å². The molecule has 1 aliphatic heterocycles. The standard InChI is InChI=1S/C17H27N3O2/c1-19(8-3-11-21)16-6-9-20(10-7-16)13-14-4-2-5-15(12-14)17(18)22/h2,4-5,12,16,21H,3,6-11,13H2,1H3,(H2,18,22). The highest BCUT2D eigenvalue weighted by molar-refractivity contribution is 5.92. The van der Waals surface area contributed by atoms with Crippen LogP contribution in [0.5, 0.6) is 0 Å². The van der Waals surface area contributed by atoms with Crippen LogP contribution in [0.25, 0.3) is 0 Å². The van der Waals surface area contributed by atoms with Gasteiger partial charge in [0.1, 0.15) is 0 Å². The molecule has 0 spiro atoms. The maximum absolute atomic E-state index is 11.2. The van der Waals surface area contributed by atoms with Gasteiger partial charge in [0.15, 0.2) is 0 Å². The Labute approximate surface area is 132 Å². The number of amides is 1. The largest absolute Gasteiger partial charge is 0.396 e. The van der Waals surface area contributed by atoms with E-state index in [-0.39, 0.29) is 12.5 Å². The van der Waals surface area contributed by atoms with E-state index >= 15 is 0 Å². The molecule has 0 bridgehead atoms. The lowest BCUT2D eigenvalue weighted by Crippen LogP contribution is -2.43. The quantitative estimate of drug-likeness (QED) is 0.790. The number of piperidine rings is 1. The number of primary amides is 1. The van der Waals surface area contributed by atoms with Gasteiger partial charge >= 0.3 is 0 Å². The molecule has 3 N–H and O–H groups in total. The van der Waals surface area contributed by atoms with E-state index in [0.29, 0.717) is 11.6 Å². The molecule has 1 aromatic carbocycles. The zero-order chi connectivity index (χ0) is 15.9. The van der Waals surface area contributed by atoms with Gasteiger partial charge in [-0.05, 0) is 57.1 Å². The lowest BCUT2D eigenvalue weighted by Gasteiger charge is -2.36. The number of hydrogen-bond donors (Lipinski definition) is 2. The van der Waals surface area contributed by atoms with Crippen LogP contribution in [0, 0.1) is 0 Å². The summed E-state index contributed by atoms with van der Waals surface area (Å²) >= 11 is 0. The van der Waals surface area contributed by atoms with Crippen LogP contribution >= 0.6 is 0 Å². The smallest absolute Gasteiger partial charge is 0.248 e. The Morgan fingerprint density at radius 2 is 2.14 bits per heavy atom. The van der Waals surface area contributed by atoms with Crippen LogP contribution in [0.15, 0.2) is 24.3 Å². The Hall–Kier alpha value is -1.43. The number of nitrogens with two attached hydrogens (primary N) is 1. The molecule has 5 heteroatoms. The Kier molecular flexibility index (Phi) is 6.36. The zero-order valence-electron chi connectivity index (χ0n) is 13.4. The number of rotatable bonds is 7. The van der Waals surface area contributed by atoms with Crippen LogP contribution in [0.2, 0.25) is 0 Å². The van der Waals surface area contributed by atoms with Gasteiger partial charge in [-0.15, -0.1) is 0 Å². The average molecular weight is 305 g/mol. The fourth-order valence-corrected chi connectivity index (χ4v) is 3.10. The van der Waals surface area contributed by atoms with Crippen molar-refractivity contribution in [2.75, 3.05) is 33.3 Å². The second kappa shape index (κ2) is 8.27. The summed E-state index contributed by atoms with van der Waals surface area (Å²) < 4.78 is 0. The highest BCUT2D eigenvalue weighted by Gasteiger charge is 2.22.